The van der Waals surface area contributed by atoms with Crippen LogP contribution in [0.15, 0.2) is 66.7 Å². The molecular formula is C24H23ClN2O3S. The number of carbonyl (C=O) groups is 2. The summed E-state index contributed by atoms with van der Waals surface area (Å²) in [5.74, 6) is 0.460. The molecule has 1 heterocycles. The van der Waals surface area contributed by atoms with E-state index in [2.05, 4.69) is 5.32 Å². The van der Waals surface area contributed by atoms with Crippen LogP contribution in [0.5, 0.6) is 0 Å². The van der Waals surface area contributed by atoms with E-state index < -0.39 is 6.09 Å². The average Bonchev–Trinajstić information content (AvgIpc) is 3.16. The number of ether oxygens (including phenoxy) is 1. The molecule has 3 aromatic carbocycles. The molecule has 0 aromatic heterocycles. The van der Waals surface area contributed by atoms with Crippen LogP contribution in [0, 0.1) is 0 Å². The highest BCUT2D eigenvalue weighted by Crippen LogP contribution is 2.40. The molecule has 0 bridgehead atoms. The van der Waals surface area contributed by atoms with Gasteiger partial charge in [-0.25, -0.2) is 4.79 Å². The molecule has 5 nitrogen and oxygen atoms in total. The van der Waals surface area contributed by atoms with Crippen molar-refractivity contribution in [2.75, 3.05) is 17.7 Å². The van der Waals surface area contributed by atoms with Crippen LogP contribution in [0.25, 0.3) is 10.8 Å². The summed E-state index contributed by atoms with van der Waals surface area (Å²) in [5, 5.41) is 5.36. The number of anilines is 1. The SMILES string of the molecule is CC[C@H](COC(=O)Nc1cccc2ccccc12)N1C(=O)CS[C@H]1c1ccc(Cl)cc1. The first-order valence-corrected chi connectivity index (χ1v) is 11.6. The second-order valence-corrected chi connectivity index (χ2v) is 8.83. The van der Waals surface area contributed by atoms with Crippen LogP contribution in [-0.2, 0) is 9.53 Å². The lowest BCUT2D eigenvalue weighted by Gasteiger charge is -2.32. The zero-order chi connectivity index (χ0) is 21.8. The van der Waals surface area contributed by atoms with Crippen LogP contribution in [-0.4, -0.2) is 35.3 Å². The number of nitrogens with zero attached hydrogens (tertiary/aromatic N) is 1. The first kappa shape index (κ1) is 21.5. The zero-order valence-electron chi connectivity index (χ0n) is 17.1. The fourth-order valence-corrected chi connectivity index (χ4v) is 5.14. The Balaban J connectivity index is 1.44. The van der Waals surface area contributed by atoms with Gasteiger partial charge >= 0.3 is 6.09 Å². The van der Waals surface area contributed by atoms with E-state index in [1.165, 1.54) is 0 Å². The third-order valence-corrected chi connectivity index (χ3v) is 6.84. The smallest absolute Gasteiger partial charge is 0.411 e. The normalized spacial score (nSPS) is 17.0. The Morgan fingerprint density at radius 2 is 1.90 bits per heavy atom. The summed E-state index contributed by atoms with van der Waals surface area (Å²) in [7, 11) is 0. The lowest BCUT2D eigenvalue weighted by Crippen LogP contribution is -2.41. The summed E-state index contributed by atoms with van der Waals surface area (Å²) in [4.78, 5) is 27.0. The van der Waals surface area contributed by atoms with Crippen molar-refractivity contribution in [3.05, 3.63) is 77.3 Å². The molecule has 0 aliphatic carbocycles. The Kier molecular flexibility index (Phi) is 6.68. The van der Waals surface area contributed by atoms with Gasteiger partial charge in [-0.1, -0.05) is 67.1 Å². The summed E-state index contributed by atoms with van der Waals surface area (Å²) < 4.78 is 5.54. The van der Waals surface area contributed by atoms with E-state index in [0.29, 0.717) is 22.9 Å². The Morgan fingerprint density at radius 1 is 1.16 bits per heavy atom. The molecule has 2 atom stereocenters. The van der Waals surface area contributed by atoms with Gasteiger partial charge in [0.15, 0.2) is 0 Å². The molecule has 3 aromatic rings. The second-order valence-electron chi connectivity index (χ2n) is 7.33. The first-order chi connectivity index (χ1) is 15.1. The molecule has 1 saturated heterocycles. The Labute approximate surface area is 190 Å². The first-order valence-electron chi connectivity index (χ1n) is 10.2. The van der Waals surface area contributed by atoms with Gasteiger partial charge in [0.2, 0.25) is 5.91 Å². The number of halogens is 1. The van der Waals surface area contributed by atoms with Crippen molar-refractivity contribution in [1.29, 1.82) is 0 Å². The van der Waals surface area contributed by atoms with Crippen LogP contribution in [0.2, 0.25) is 5.02 Å². The maximum Gasteiger partial charge on any atom is 0.411 e. The van der Waals surface area contributed by atoms with Crippen molar-refractivity contribution in [3.63, 3.8) is 0 Å². The minimum absolute atomic E-state index is 0.0508. The average molecular weight is 455 g/mol. The van der Waals surface area contributed by atoms with E-state index in [1.807, 2.05) is 78.6 Å². The Hall–Kier alpha value is -2.70. The summed E-state index contributed by atoms with van der Waals surface area (Å²) >= 11 is 7.59. The molecular weight excluding hydrogens is 432 g/mol. The number of carbonyl (C=O) groups excluding carboxylic acids is 2. The van der Waals surface area contributed by atoms with Crippen LogP contribution in [0.3, 0.4) is 0 Å². The molecule has 7 heteroatoms. The van der Waals surface area contributed by atoms with Gasteiger partial charge in [-0.05, 0) is 35.6 Å². The van der Waals surface area contributed by atoms with Crippen LogP contribution in [0.1, 0.15) is 24.3 Å². The van der Waals surface area contributed by atoms with Gasteiger partial charge in [-0.15, -0.1) is 11.8 Å². The fraction of sp³-hybridized carbons (Fsp3) is 0.250. The quantitative estimate of drug-likeness (QED) is 0.489. The van der Waals surface area contributed by atoms with Crippen molar-refractivity contribution in [1.82, 2.24) is 4.90 Å². The summed E-state index contributed by atoms with van der Waals surface area (Å²) in [6.07, 6.45) is 0.148. The second kappa shape index (κ2) is 9.62. The van der Waals surface area contributed by atoms with Crippen LogP contribution < -0.4 is 5.32 Å². The Bertz CT molecular complexity index is 1080. The van der Waals surface area contributed by atoms with E-state index >= 15 is 0 Å². The van der Waals surface area contributed by atoms with Crippen molar-refractivity contribution in [3.8, 4) is 0 Å². The van der Waals surface area contributed by atoms with Gasteiger partial charge < -0.3 is 9.64 Å². The molecule has 4 rings (SSSR count). The number of hydrogen-bond donors (Lipinski definition) is 1. The highest BCUT2D eigenvalue weighted by molar-refractivity contribution is 8.00. The molecule has 0 unspecified atom stereocenters. The van der Waals surface area contributed by atoms with Gasteiger partial charge in [0.05, 0.1) is 17.5 Å². The molecule has 1 aliphatic heterocycles. The molecule has 31 heavy (non-hydrogen) atoms. The van der Waals surface area contributed by atoms with E-state index in [0.717, 1.165) is 16.3 Å². The number of thioether (sulfide) groups is 1. The van der Waals surface area contributed by atoms with Crippen LogP contribution >= 0.6 is 23.4 Å². The summed E-state index contributed by atoms with van der Waals surface area (Å²) in [5.41, 5.74) is 1.71. The minimum atomic E-state index is -0.530. The van der Waals surface area contributed by atoms with Gasteiger partial charge in [0.25, 0.3) is 0 Å². The van der Waals surface area contributed by atoms with E-state index in [-0.39, 0.29) is 23.9 Å². The van der Waals surface area contributed by atoms with Crippen molar-refractivity contribution in [2.45, 2.75) is 24.8 Å². The lowest BCUT2D eigenvalue weighted by molar-refractivity contribution is -0.131. The standard InChI is InChI=1S/C24H23ClN2O3S/c1-2-19(27-22(28)15-31-23(27)17-10-12-18(25)13-11-17)14-30-24(29)26-21-9-5-7-16-6-3-4-8-20(16)21/h3-13,19,23H,2,14-15H2,1H3,(H,26,29)/t19-,23+/m1/s1. The molecule has 0 radical (unpaired) electrons. The maximum absolute atomic E-state index is 12.6. The highest BCUT2D eigenvalue weighted by atomic mass is 35.5. The predicted octanol–water partition coefficient (Wildman–Crippen LogP) is 6.09. The molecule has 160 valence electrons. The van der Waals surface area contributed by atoms with Crippen molar-refractivity contribution in [2.24, 2.45) is 0 Å². The monoisotopic (exact) mass is 454 g/mol. The number of fused-ring (bicyclic) bond motifs is 1. The molecule has 1 aliphatic rings. The minimum Gasteiger partial charge on any atom is -0.447 e. The number of hydrogen-bond acceptors (Lipinski definition) is 4. The van der Waals surface area contributed by atoms with E-state index in [1.54, 1.807) is 11.8 Å². The van der Waals surface area contributed by atoms with E-state index in [9.17, 15) is 9.59 Å². The summed E-state index contributed by atoms with van der Waals surface area (Å²) in [6.45, 7) is 2.12. The maximum atomic E-state index is 12.6. The van der Waals surface area contributed by atoms with Gasteiger partial charge in [0.1, 0.15) is 12.0 Å². The third-order valence-electron chi connectivity index (χ3n) is 5.36. The number of amides is 2. The van der Waals surface area contributed by atoms with Gasteiger partial charge in [0, 0.05) is 10.4 Å². The molecule has 0 spiro atoms. The van der Waals surface area contributed by atoms with Gasteiger partial charge in [-0.2, -0.15) is 0 Å². The third kappa shape index (κ3) is 4.81. The molecule has 1 N–H and O–H groups in total. The van der Waals surface area contributed by atoms with Gasteiger partial charge in [-0.3, -0.25) is 10.1 Å². The number of nitrogens with one attached hydrogen (secondary N) is 1. The summed E-state index contributed by atoms with van der Waals surface area (Å²) in [6, 6.07) is 20.9. The van der Waals surface area contributed by atoms with Crippen molar-refractivity contribution >= 4 is 51.8 Å². The molecule has 1 fully saturated rings. The number of benzene rings is 3. The largest absolute Gasteiger partial charge is 0.447 e. The Morgan fingerprint density at radius 3 is 2.68 bits per heavy atom. The fourth-order valence-electron chi connectivity index (χ4n) is 3.76. The zero-order valence-corrected chi connectivity index (χ0v) is 18.7. The van der Waals surface area contributed by atoms with Crippen LogP contribution in [0.4, 0.5) is 10.5 Å². The number of rotatable bonds is 6. The molecule has 2 amide bonds. The molecule has 0 saturated carbocycles. The topological polar surface area (TPSA) is 58.6 Å². The lowest BCUT2D eigenvalue weighted by atomic mass is 10.1. The predicted molar refractivity (Wildman–Crippen MR) is 126 cm³/mol. The highest BCUT2D eigenvalue weighted by Gasteiger charge is 2.37. The van der Waals surface area contributed by atoms with E-state index in [4.69, 9.17) is 16.3 Å². The van der Waals surface area contributed by atoms with Crippen molar-refractivity contribution < 1.29 is 14.3 Å².